The molecule has 3 heterocycles. The summed E-state index contributed by atoms with van der Waals surface area (Å²) >= 11 is 0. The second kappa shape index (κ2) is 9.60. The van der Waals surface area contributed by atoms with Gasteiger partial charge in [-0.05, 0) is 49.2 Å². The zero-order chi connectivity index (χ0) is 23.7. The number of benzene rings is 2. The van der Waals surface area contributed by atoms with Gasteiger partial charge in [0.2, 0.25) is 0 Å². The summed E-state index contributed by atoms with van der Waals surface area (Å²) in [4.78, 5) is 30.9. The normalized spacial score (nSPS) is 19.1. The molecule has 8 nitrogen and oxygen atoms in total. The van der Waals surface area contributed by atoms with Crippen molar-refractivity contribution in [2.75, 3.05) is 67.6 Å². The summed E-state index contributed by atoms with van der Waals surface area (Å²) in [6.45, 7) is 4.26. The lowest BCUT2D eigenvalue weighted by molar-refractivity contribution is 0.0558. The van der Waals surface area contributed by atoms with Gasteiger partial charge in [-0.15, -0.1) is 0 Å². The van der Waals surface area contributed by atoms with Gasteiger partial charge in [-0.3, -0.25) is 14.5 Å². The fourth-order valence-electron chi connectivity index (χ4n) is 4.81. The Morgan fingerprint density at radius 1 is 0.941 bits per heavy atom. The van der Waals surface area contributed by atoms with Crippen LogP contribution in [0.25, 0.3) is 0 Å². The van der Waals surface area contributed by atoms with Crippen LogP contribution < -0.4 is 15.1 Å². The van der Waals surface area contributed by atoms with Crippen molar-refractivity contribution < 1.29 is 23.8 Å². The van der Waals surface area contributed by atoms with Gasteiger partial charge in [0.05, 0.1) is 42.7 Å². The van der Waals surface area contributed by atoms with Crippen LogP contribution in [0.1, 0.15) is 33.6 Å². The molecular weight excluding hydrogens is 439 g/mol. The number of carbonyl (C=O) groups is 2. The molecule has 2 aromatic rings. The highest BCUT2D eigenvalue weighted by molar-refractivity contribution is 6.21. The summed E-state index contributed by atoms with van der Waals surface area (Å²) in [6, 6.07) is 10.2. The third-order valence-electron chi connectivity index (χ3n) is 6.66. The molecular formula is C25H29FN4O4. The average Bonchev–Trinajstić information content (AvgIpc) is 3.47. The van der Waals surface area contributed by atoms with Gasteiger partial charge in [0.25, 0.3) is 11.8 Å². The highest BCUT2D eigenvalue weighted by Gasteiger charge is 2.37. The molecule has 3 aliphatic heterocycles. The van der Waals surface area contributed by atoms with Crippen molar-refractivity contribution in [1.29, 1.82) is 0 Å². The van der Waals surface area contributed by atoms with E-state index in [1.165, 1.54) is 6.07 Å². The van der Waals surface area contributed by atoms with Crippen LogP contribution in [-0.4, -0.2) is 80.4 Å². The van der Waals surface area contributed by atoms with Crippen molar-refractivity contribution in [1.82, 2.24) is 4.90 Å². The lowest BCUT2D eigenvalue weighted by atomic mass is 10.1. The van der Waals surface area contributed by atoms with Crippen LogP contribution in [0.2, 0.25) is 0 Å². The number of anilines is 3. The Labute approximate surface area is 197 Å². The standard InChI is InChI=1S/C25H29FN4O4/c26-22-13-17(3-6-23(22)29-9-11-34-12-10-29)27-15-19(31)16-30-24(32)20-5-4-18(14-21(20)25(30)33)28-7-1-2-8-28/h3-6,13-14,19,27,31H,1-2,7-12,15-16H2/t19-/m1/s1. The van der Waals surface area contributed by atoms with Crippen LogP contribution in [-0.2, 0) is 4.74 Å². The maximum atomic E-state index is 14.6. The van der Waals surface area contributed by atoms with Gasteiger partial charge in [-0.1, -0.05) is 0 Å². The average molecular weight is 469 g/mol. The number of nitrogens with one attached hydrogen (secondary N) is 1. The van der Waals surface area contributed by atoms with Gasteiger partial charge >= 0.3 is 0 Å². The topological polar surface area (TPSA) is 85.4 Å². The number of hydrogen-bond donors (Lipinski definition) is 2. The molecule has 34 heavy (non-hydrogen) atoms. The first kappa shape index (κ1) is 22.6. The van der Waals surface area contributed by atoms with Gasteiger partial charge in [0.1, 0.15) is 5.82 Å². The van der Waals surface area contributed by atoms with Crippen LogP contribution in [0.3, 0.4) is 0 Å². The molecule has 1 atom stereocenters. The molecule has 5 rings (SSSR count). The minimum atomic E-state index is -0.998. The number of hydrogen-bond acceptors (Lipinski definition) is 7. The molecule has 0 aliphatic carbocycles. The minimum Gasteiger partial charge on any atom is -0.389 e. The maximum Gasteiger partial charge on any atom is 0.261 e. The van der Waals surface area contributed by atoms with E-state index in [4.69, 9.17) is 4.74 Å². The smallest absolute Gasteiger partial charge is 0.261 e. The van der Waals surface area contributed by atoms with Crippen LogP contribution in [0.4, 0.5) is 21.5 Å². The number of morpholine rings is 1. The summed E-state index contributed by atoms with van der Waals surface area (Å²) in [7, 11) is 0. The highest BCUT2D eigenvalue weighted by Crippen LogP contribution is 2.29. The molecule has 2 N–H and O–H groups in total. The van der Waals surface area contributed by atoms with E-state index in [1.54, 1.807) is 24.3 Å². The van der Waals surface area contributed by atoms with Crippen LogP contribution >= 0.6 is 0 Å². The van der Waals surface area contributed by atoms with Gasteiger partial charge in [0, 0.05) is 44.1 Å². The molecule has 2 fully saturated rings. The van der Waals surface area contributed by atoms with Crippen LogP contribution in [0.15, 0.2) is 36.4 Å². The summed E-state index contributed by atoms with van der Waals surface area (Å²) in [5, 5.41) is 13.5. The van der Waals surface area contributed by atoms with Crippen molar-refractivity contribution >= 4 is 28.9 Å². The molecule has 180 valence electrons. The summed E-state index contributed by atoms with van der Waals surface area (Å²) < 4.78 is 19.9. The van der Waals surface area contributed by atoms with E-state index in [0.717, 1.165) is 36.5 Å². The lowest BCUT2D eigenvalue weighted by Gasteiger charge is -2.29. The number of fused-ring (bicyclic) bond motifs is 1. The Morgan fingerprint density at radius 3 is 2.41 bits per heavy atom. The molecule has 0 aromatic heterocycles. The van der Waals surface area contributed by atoms with E-state index in [-0.39, 0.29) is 24.8 Å². The largest absolute Gasteiger partial charge is 0.389 e. The molecule has 0 unspecified atom stereocenters. The van der Waals surface area contributed by atoms with E-state index >= 15 is 0 Å². The highest BCUT2D eigenvalue weighted by atomic mass is 19.1. The molecule has 2 aromatic carbocycles. The number of imide groups is 1. The van der Waals surface area contributed by atoms with Gasteiger partial charge in [0.15, 0.2) is 0 Å². The Morgan fingerprint density at radius 2 is 1.68 bits per heavy atom. The molecule has 2 amide bonds. The van der Waals surface area contributed by atoms with Crippen molar-refractivity contribution in [3.8, 4) is 0 Å². The zero-order valence-corrected chi connectivity index (χ0v) is 19.0. The van der Waals surface area contributed by atoms with Crippen molar-refractivity contribution in [2.45, 2.75) is 18.9 Å². The van der Waals surface area contributed by atoms with Crippen LogP contribution in [0.5, 0.6) is 0 Å². The minimum absolute atomic E-state index is 0.0722. The van der Waals surface area contributed by atoms with E-state index < -0.39 is 12.0 Å². The van der Waals surface area contributed by atoms with E-state index in [2.05, 4.69) is 10.2 Å². The number of amides is 2. The lowest BCUT2D eigenvalue weighted by Crippen LogP contribution is -2.39. The number of ether oxygens (including phenoxy) is 1. The monoisotopic (exact) mass is 468 g/mol. The third kappa shape index (κ3) is 4.45. The SMILES string of the molecule is O=C1c2ccc(N3CCCC3)cc2C(=O)N1C[C@H](O)CNc1ccc(N2CCOCC2)c(F)c1. The summed E-state index contributed by atoms with van der Waals surface area (Å²) in [5.41, 5.74) is 2.74. The van der Waals surface area contributed by atoms with E-state index in [9.17, 15) is 19.1 Å². The number of nitrogens with zero attached hydrogens (tertiary/aromatic N) is 3. The van der Waals surface area contributed by atoms with Crippen molar-refractivity contribution in [2.24, 2.45) is 0 Å². The fraction of sp³-hybridized carbons (Fsp3) is 0.440. The molecule has 0 spiro atoms. The van der Waals surface area contributed by atoms with Crippen LogP contribution in [0, 0.1) is 5.82 Å². The summed E-state index contributed by atoms with van der Waals surface area (Å²) in [5.74, 6) is -1.13. The van der Waals surface area contributed by atoms with E-state index in [0.29, 0.717) is 48.8 Å². The molecule has 0 saturated carbocycles. The van der Waals surface area contributed by atoms with Crippen molar-refractivity contribution in [3.63, 3.8) is 0 Å². The molecule has 9 heteroatoms. The second-order valence-electron chi connectivity index (χ2n) is 8.95. The first-order valence-corrected chi connectivity index (χ1v) is 11.8. The van der Waals surface area contributed by atoms with E-state index in [1.807, 2.05) is 11.0 Å². The van der Waals surface area contributed by atoms with Crippen molar-refractivity contribution in [3.05, 3.63) is 53.3 Å². The van der Waals surface area contributed by atoms with Gasteiger partial charge in [-0.25, -0.2) is 4.39 Å². The molecule has 0 radical (unpaired) electrons. The molecule has 0 bridgehead atoms. The predicted molar refractivity (Wildman–Crippen MR) is 127 cm³/mol. The number of β-amino-alcohol motifs (C(OH)–C–C–N with tert-alkyl or cyclic N) is 1. The Hall–Kier alpha value is -3.17. The summed E-state index contributed by atoms with van der Waals surface area (Å²) in [6.07, 6.45) is 1.24. The fourth-order valence-corrected chi connectivity index (χ4v) is 4.81. The maximum absolute atomic E-state index is 14.6. The van der Waals surface area contributed by atoms with Gasteiger partial charge in [-0.2, -0.15) is 0 Å². The number of aliphatic hydroxyl groups is 1. The van der Waals surface area contributed by atoms with Gasteiger partial charge < -0.3 is 25.0 Å². The Balaban J connectivity index is 1.19. The molecule has 3 aliphatic rings. The number of carbonyl (C=O) groups excluding carboxylic acids is 2. The first-order valence-electron chi connectivity index (χ1n) is 11.8. The predicted octanol–water partition coefficient (Wildman–Crippen LogP) is 2.33. The first-order chi connectivity index (χ1) is 16.5. The zero-order valence-electron chi connectivity index (χ0n) is 19.0. The second-order valence-corrected chi connectivity index (χ2v) is 8.95. The Bertz CT molecular complexity index is 1080. The number of rotatable bonds is 7. The third-order valence-corrected chi connectivity index (χ3v) is 6.66. The quantitative estimate of drug-likeness (QED) is 0.604. The number of aliphatic hydroxyl groups excluding tert-OH is 1. The number of halogens is 1. The molecule has 2 saturated heterocycles. The Kier molecular flexibility index (Phi) is 6.38.